The quantitative estimate of drug-likeness (QED) is 0.934. The lowest BCUT2D eigenvalue weighted by atomic mass is 9.98. The molecule has 0 bridgehead atoms. The molecular weight excluding hydrogens is 312 g/mol. The normalized spacial score (nSPS) is 25.4. The number of rotatable bonds is 3. The second kappa shape index (κ2) is 6.30. The molecule has 3 atom stereocenters. The number of nitrogens with two attached hydrogens (primary N) is 1. The van der Waals surface area contributed by atoms with Crippen molar-refractivity contribution in [2.45, 2.75) is 39.3 Å². The number of hydrogen-bond acceptors (Lipinski definition) is 3. The van der Waals surface area contributed by atoms with E-state index in [0.29, 0.717) is 18.4 Å². The summed E-state index contributed by atoms with van der Waals surface area (Å²) in [5.41, 5.74) is 10.2. The smallest absolute Gasteiger partial charge is 0.253 e. The summed E-state index contributed by atoms with van der Waals surface area (Å²) in [6.07, 6.45) is 2.27. The van der Waals surface area contributed by atoms with Gasteiger partial charge < -0.3 is 10.6 Å². The van der Waals surface area contributed by atoms with Crippen molar-refractivity contribution in [1.82, 2.24) is 14.7 Å². The number of amides is 1. The van der Waals surface area contributed by atoms with Crippen molar-refractivity contribution in [3.05, 3.63) is 52.8 Å². The van der Waals surface area contributed by atoms with Gasteiger partial charge in [-0.05, 0) is 62.3 Å². The third-order valence-electron chi connectivity index (χ3n) is 5.81. The highest BCUT2D eigenvalue weighted by Crippen LogP contribution is 2.37. The second-order valence-electron chi connectivity index (χ2n) is 7.66. The minimum absolute atomic E-state index is 0.136. The van der Waals surface area contributed by atoms with Crippen LogP contribution >= 0.6 is 0 Å². The molecule has 1 aliphatic carbocycles. The molecule has 4 rings (SSSR count). The van der Waals surface area contributed by atoms with Crippen molar-refractivity contribution in [3.8, 4) is 0 Å². The van der Waals surface area contributed by atoms with Gasteiger partial charge in [0.15, 0.2) is 0 Å². The Morgan fingerprint density at radius 3 is 2.80 bits per heavy atom. The highest BCUT2D eigenvalue weighted by Gasteiger charge is 2.42. The van der Waals surface area contributed by atoms with Crippen LogP contribution in [0.25, 0.3) is 0 Å². The van der Waals surface area contributed by atoms with Gasteiger partial charge >= 0.3 is 0 Å². The van der Waals surface area contributed by atoms with Gasteiger partial charge in [-0.15, -0.1) is 0 Å². The van der Waals surface area contributed by atoms with Crippen LogP contribution < -0.4 is 5.73 Å². The van der Waals surface area contributed by atoms with Crippen molar-refractivity contribution in [1.29, 1.82) is 0 Å². The van der Waals surface area contributed by atoms with E-state index in [1.807, 2.05) is 34.7 Å². The first-order chi connectivity index (χ1) is 12.0. The van der Waals surface area contributed by atoms with Gasteiger partial charge in [-0.3, -0.25) is 9.48 Å². The second-order valence-corrected chi connectivity index (χ2v) is 7.66. The number of benzene rings is 1. The van der Waals surface area contributed by atoms with Crippen LogP contribution in [-0.4, -0.2) is 39.7 Å². The van der Waals surface area contributed by atoms with E-state index in [1.165, 1.54) is 0 Å². The zero-order valence-corrected chi connectivity index (χ0v) is 15.0. The Balaban J connectivity index is 1.49. The molecule has 5 heteroatoms. The molecule has 1 aliphatic heterocycles. The summed E-state index contributed by atoms with van der Waals surface area (Å²) in [5, 5.41) is 4.51. The Bertz CT molecular complexity index is 797. The van der Waals surface area contributed by atoms with Crippen LogP contribution in [0.2, 0.25) is 0 Å². The Kier molecular flexibility index (Phi) is 4.12. The van der Waals surface area contributed by atoms with E-state index in [4.69, 9.17) is 5.73 Å². The molecule has 25 heavy (non-hydrogen) atoms. The maximum absolute atomic E-state index is 12.9. The largest absolute Gasteiger partial charge is 0.338 e. The van der Waals surface area contributed by atoms with E-state index in [0.717, 1.165) is 48.4 Å². The Morgan fingerprint density at radius 1 is 1.24 bits per heavy atom. The molecule has 1 amide bonds. The van der Waals surface area contributed by atoms with Crippen LogP contribution in [0.4, 0.5) is 0 Å². The summed E-state index contributed by atoms with van der Waals surface area (Å²) in [6.45, 7) is 6.42. The summed E-state index contributed by atoms with van der Waals surface area (Å²) in [5.74, 6) is 1.22. The average Bonchev–Trinajstić information content (AvgIpc) is 3.24. The van der Waals surface area contributed by atoms with Crippen LogP contribution in [0.5, 0.6) is 0 Å². The Labute approximate surface area is 148 Å². The number of aryl methyl sites for hydroxylation is 2. The van der Waals surface area contributed by atoms with E-state index < -0.39 is 0 Å². The van der Waals surface area contributed by atoms with E-state index >= 15 is 0 Å². The van der Waals surface area contributed by atoms with Crippen molar-refractivity contribution >= 4 is 5.91 Å². The van der Waals surface area contributed by atoms with Crippen LogP contribution in [0.3, 0.4) is 0 Å². The highest BCUT2D eigenvalue weighted by molar-refractivity contribution is 5.94. The third kappa shape index (κ3) is 3.09. The molecule has 3 unspecified atom stereocenters. The zero-order valence-electron chi connectivity index (χ0n) is 15.0. The van der Waals surface area contributed by atoms with Gasteiger partial charge in [0.05, 0.1) is 12.2 Å². The predicted octanol–water partition coefficient (Wildman–Crippen LogP) is 2.36. The summed E-state index contributed by atoms with van der Waals surface area (Å²) in [4.78, 5) is 14.9. The highest BCUT2D eigenvalue weighted by atomic mass is 16.2. The van der Waals surface area contributed by atoms with Gasteiger partial charge in [-0.25, -0.2) is 0 Å². The molecule has 1 saturated carbocycles. The maximum atomic E-state index is 12.9. The van der Waals surface area contributed by atoms with E-state index in [-0.39, 0.29) is 11.9 Å². The molecule has 1 aromatic heterocycles. The lowest BCUT2D eigenvalue weighted by Gasteiger charge is -2.19. The number of likely N-dealkylation sites (tertiary alicyclic amines) is 1. The molecule has 0 radical (unpaired) electrons. The minimum atomic E-state index is 0.136. The molecule has 132 valence electrons. The van der Waals surface area contributed by atoms with Crippen molar-refractivity contribution in [2.75, 3.05) is 13.1 Å². The zero-order chi connectivity index (χ0) is 17.6. The molecule has 1 aromatic carbocycles. The molecule has 2 aliphatic rings. The van der Waals surface area contributed by atoms with Crippen LogP contribution in [0.1, 0.15) is 40.2 Å². The fourth-order valence-corrected chi connectivity index (χ4v) is 4.47. The molecule has 1 saturated heterocycles. The monoisotopic (exact) mass is 338 g/mol. The summed E-state index contributed by atoms with van der Waals surface area (Å²) in [6, 6.07) is 10.3. The number of aromatic nitrogens is 2. The van der Waals surface area contributed by atoms with Gasteiger partial charge in [0, 0.05) is 30.4 Å². The topological polar surface area (TPSA) is 64.2 Å². The standard InChI is InChI=1S/C20H26N4O/c1-13-8-14(2)24(22-13)10-15-4-3-5-16(9-15)20(25)23-11-17-6-7-19(21)18(17)12-23/h3-5,8-9,17-19H,6-7,10-12,21H2,1-2H3. The third-order valence-corrected chi connectivity index (χ3v) is 5.81. The number of hydrogen-bond donors (Lipinski definition) is 1. The number of fused-ring (bicyclic) bond motifs is 1. The maximum Gasteiger partial charge on any atom is 0.253 e. The van der Waals surface area contributed by atoms with Gasteiger partial charge in [0.2, 0.25) is 0 Å². The fraction of sp³-hybridized carbons (Fsp3) is 0.500. The predicted molar refractivity (Wildman–Crippen MR) is 97.3 cm³/mol. The molecular formula is C20H26N4O. The van der Waals surface area contributed by atoms with Gasteiger partial charge in [-0.2, -0.15) is 5.10 Å². The minimum Gasteiger partial charge on any atom is -0.338 e. The first kappa shape index (κ1) is 16.3. The number of carbonyl (C=O) groups is 1. The fourth-order valence-electron chi connectivity index (χ4n) is 4.47. The van der Waals surface area contributed by atoms with Gasteiger partial charge in [-0.1, -0.05) is 12.1 Å². The van der Waals surface area contributed by atoms with Gasteiger partial charge in [0.1, 0.15) is 0 Å². The van der Waals surface area contributed by atoms with Crippen LogP contribution in [0.15, 0.2) is 30.3 Å². The summed E-state index contributed by atoms with van der Waals surface area (Å²) >= 11 is 0. The SMILES string of the molecule is Cc1cc(C)n(Cc2cccc(C(=O)N3CC4CCC(N)C4C3)c2)n1. The van der Waals surface area contributed by atoms with Crippen molar-refractivity contribution in [2.24, 2.45) is 17.6 Å². The molecule has 2 fully saturated rings. The number of nitrogens with zero attached hydrogens (tertiary/aromatic N) is 3. The first-order valence-corrected chi connectivity index (χ1v) is 9.16. The van der Waals surface area contributed by atoms with Crippen molar-refractivity contribution < 1.29 is 4.79 Å². The lowest BCUT2D eigenvalue weighted by molar-refractivity contribution is 0.0779. The van der Waals surface area contributed by atoms with Crippen LogP contribution in [0, 0.1) is 25.7 Å². The van der Waals surface area contributed by atoms with Gasteiger partial charge in [0.25, 0.3) is 5.91 Å². The first-order valence-electron chi connectivity index (χ1n) is 9.16. The van der Waals surface area contributed by atoms with Crippen LogP contribution in [-0.2, 0) is 6.54 Å². The van der Waals surface area contributed by atoms with E-state index in [2.05, 4.69) is 24.2 Å². The molecule has 0 spiro atoms. The Hall–Kier alpha value is -2.14. The molecule has 2 heterocycles. The lowest BCUT2D eigenvalue weighted by Crippen LogP contribution is -2.33. The van der Waals surface area contributed by atoms with E-state index in [1.54, 1.807) is 0 Å². The van der Waals surface area contributed by atoms with Crippen molar-refractivity contribution in [3.63, 3.8) is 0 Å². The molecule has 2 aromatic rings. The summed E-state index contributed by atoms with van der Waals surface area (Å²) < 4.78 is 1.98. The van der Waals surface area contributed by atoms with E-state index in [9.17, 15) is 4.79 Å². The summed E-state index contributed by atoms with van der Waals surface area (Å²) in [7, 11) is 0. The molecule has 5 nitrogen and oxygen atoms in total. The number of carbonyl (C=O) groups excluding carboxylic acids is 1. The molecule has 2 N–H and O–H groups in total. The average molecular weight is 338 g/mol. The Morgan fingerprint density at radius 2 is 2.08 bits per heavy atom.